The minimum Gasteiger partial charge on any atom is -0.386 e. The van der Waals surface area contributed by atoms with E-state index in [1.165, 1.54) is 27.8 Å². The van der Waals surface area contributed by atoms with E-state index < -0.39 is 5.60 Å². The molecule has 0 fully saturated rings. The number of carbonyl (C=O) groups excluding carboxylic acids is 1. The minimum atomic E-state index is -0.894. The van der Waals surface area contributed by atoms with E-state index in [4.69, 9.17) is 0 Å². The standard InChI is InChI=1S/C28H40O2/c1-18(12-11-13-19(2)20(3)16-21(4)28(9,10)30)14-15-26-23(6)22(5)24(7)27(17-29)25(26)8/h13-14,16-17,30H,4,11-12,15H2,1-3,5-10H3/b18-14+,19-13+,20-16+. The predicted molar refractivity (Wildman–Crippen MR) is 130 cm³/mol. The number of aldehydes is 1. The Labute approximate surface area is 184 Å². The van der Waals surface area contributed by atoms with Crippen molar-refractivity contribution in [2.24, 2.45) is 0 Å². The Morgan fingerprint density at radius 3 is 2.07 bits per heavy atom. The molecule has 1 N–H and O–H groups in total. The van der Waals surface area contributed by atoms with Crippen LogP contribution in [0, 0.1) is 27.7 Å². The van der Waals surface area contributed by atoms with Crippen LogP contribution >= 0.6 is 0 Å². The highest BCUT2D eigenvalue weighted by molar-refractivity contribution is 5.81. The first-order chi connectivity index (χ1) is 13.8. The fourth-order valence-corrected chi connectivity index (χ4v) is 3.53. The van der Waals surface area contributed by atoms with Crippen LogP contribution in [0.25, 0.3) is 0 Å². The zero-order valence-corrected chi connectivity index (χ0v) is 20.5. The van der Waals surface area contributed by atoms with Gasteiger partial charge in [0.05, 0.1) is 5.60 Å². The van der Waals surface area contributed by atoms with E-state index in [1.807, 2.05) is 13.0 Å². The van der Waals surface area contributed by atoms with Crippen LogP contribution in [0.15, 0.2) is 47.1 Å². The molecule has 164 valence electrons. The predicted octanol–water partition coefficient (Wildman–Crippen LogP) is 7.22. The van der Waals surface area contributed by atoms with Gasteiger partial charge in [0.2, 0.25) is 0 Å². The van der Waals surface area contributed by atoms with Crippen molar-refractivity contribution in [1.29, 1.82) is 0 Å². The van der Waals surface area contributed by atoms with Crippen LogP contribution in [0.5, 0.6) is 0 Å². The smallest absolute Gasteiger partial charge is 0.150 e. The molecule has 0 aromatic heterocycles. The number of benzene rings is 1. The molecule has 1 aromatic rings. The molecule has 30 heavy (non-hydrogen) atoms. The van der Waals surface area contributed by atoms with E-state index in [9.17, 15) is 9.90 Å². The van der Waals surface area contributed by atoms with Crippen molar-refractivity contribution in [3.05, 3.63) is 80.5 Å². The summed E-state index contributed by atoms with van der Waals surface area (Å²) in [6.45, 7) is 22.2. The first-order valence-electron chi connectivity index (χ1n) is 10.8. The minimum absolute atomic E-state index is 0.720. The van der Waals surface area contributed by atoms with Gasteiger partial charge in [-0.1, -0.05) is 36.0 Å². The highest BCUT2D eigenvalue weighted by Crippen LogP contribution is 2.27. The number of rotatable bonds is 9. The fraction of sp³-hybridized carbons (Fsp3) is 0.464. The Bertz CT molecular complexity index is 900. The highest BCUT2D eigenvalue weighted by atomic mass is 16.3. The zero-order chi connectivity index (χ0) is 23.2. The second kappa shape index (κ2) is 10.7. The molecule has 0 unspecified atom stereocenters. The molecule has 1 rings (SSSR count). The van der Waals surface area contributed by atoms with Gasteiger partial charge in [-0.05, 0) is 121 Å². The molecular formula is C28H40O2. The maximum absolute atomic E-state index is 11.5. The Hall–Kier alpha value is -2.19. The summed E-state index contributed by atoms with van der Waals surface area (Å²) >= 11 is 0. The van der Waals surface area contributed by atoms with Gasteiger partial charge in [-0.15, -0.1) is 0 Å². The molecule has 0 radical (unpaired) electrons. The van der Waals surface area contributed by atoms with Gasteiger partial charge in [0.15, 0.2) is 6.29 Å². The lowest BCUT2D eigenvalue weighted by Crippen LogP contribution is -2.20. The van der Waals surface area contributed by atoms with Crippen molar-refractivity contribution in [3.63, 3.8) is 0 Å². The van der Waals surface area contributed by atoms with E-state index in [0.29, 0.717) is 0 Å². The summed E-state index contributed by atoms with van der Waals surface area (Å²) in [4.78, 5) is 11.5. The van der Waals surface area contributed by atoms with Crippen molar-refractivity contribution in [3.8, 4) is 0 Å². The van der Waals surface area contributed by atoms with Crippen LogP contribution in [-0.4, -0.2) is 17.0 Å². The second-order valence-electron chi connectivity index (χ2n) is 9.10. The van der Waals surface area contributed by atoms with Gasteiger partial charge in [-0.25, -0.2) is 0 Å². The van der Waals surface area contributed by atoms with Gasteiger partial charge in [-0.3, -0.25) is 4.79 Å². The Morgan fingerprint density at radius 1 is 0.933 bits per heavy atom. The van der Waals surface area contributed by atoms with Gasteiger partial charge in [0, 0.05) is 5.56 Å². The number of carbonyl (C=O) groups is 1. The Kier molecular flexibility index (Phi) is 9.24. The van der Waals surface area contributed by atoms with Crippen LogP contribution < -0.4 is 0 Å². The van der Waals surface area contributed by atoms with Crippen molar-refractivity contribution >= 4 is 6.29 Å². The molecule has 2 heteroatoms. The number of aliphatic hydroxyl groups is 1. The number of allylic oxidation sites excluding steroid dienone is 5. The normalized spacial score (nSPS) is 13.6. The van der Waals surface area contributed by atoms with Crippen LogP contribution in [0.3, 0.4) is 0 Å². The van der Waals surface area contributed by atoms with E-state index in [0.717, 1.165) is 53.4 Å². The molecule has 0 atom stereocenters. The maximum atomic E-state index is 11.5. The molecule has 0 aliphatic rings. The van der Waals surface area contributed by atoms with Crippen molar-refractivity contribution in [1.82, 2.24) is 0 Å². The summed E-state index contributed by atoms with van der Waals surface area (Å²) in [5, 5.41) is 10.0. The van der Waals surface area contributed by atoms with E-state index in [2.05, 4.69) is 60.3 Å². The lowest BCUT2D eigenvalue weighted by atomic mass is 9.87. The van der Waals surface area contributed by atoms with Crippen LogP contribution in [0.4, 0.5) is 0 Å². The second-order valence-corrected chi connectivity index (χ2v) is 9.10. The Balaban J connectivity index is 2.86. The SMILES string of the molecule is C=C(/C=C(C)/C(C)=C/CC/C(C)=C/Cc1c(C)c(C)c(C)c(C=O)c1C)C(C)(C)O. The lowest BCUT2D eigenvalue weighted by molar-refractivity contribution is 0.112. The van der Waals surface area contributed by atoms with Crippen molar-refractivity contribution < 1.29 is 9.90 Å². The molecule has 2 nitrogen and oxygen atoms in total. The summed E-state index contributed by atoms with van der Waals surface area (Å²) in [7, 11) is 0. The molecule has 0 spiro atoms. The van der Waals surface area contributed by atoms with E-state index in [-0.39, 0.29) is 0 Å². The number of hydrogen-bond acceptors (Lipinski definition) is 2. The molecule has 0 saturated carbocycles. The topological polar surface area (TPSA) is 37.3 Å². The summed E-state index contributed by atoms with van der Waals surface area (Å²) in [5.41, 5.74) is 10.4. The molecule has 1 aromatic carbocycles. The highest BCUT2D eigenvalue weighted by Gasteiger charge is 2.15. The molecule has 0 heterocycles. The average molecular weight is 409 g/mol. The van der Waals surface area contributed by atoms with Crippen LogP contribution in [0.1, 0.15) is 85.6 Å². The summed E-state index contributed by atoms with van der Waals surface area (Å²) in [6, 6.07) is 0. The molecule has 0 aliphatic carbocycles. The van der Waals surface area contributed by atoms with E-state index in [1.54, 1.807) is 13.8 Å². The first kappa shape index (κ1) is 25.8. The summed E-state index contributed by atoms with van der Waals surface area (Å²) in [6.07, 6.45) is 10.3. The van der Waals surface area contributed by atoms with Crippen LogP contribution in [0.2, 0.25) is 0 Å². The third-order valence-corrected chi connectivity index (χ3v) is 6.40. The van der Waals surface area contributed by atoms with E-state index >= 15 is 0 Å². The molecule has 0 aliphatic heterocycles. The Morgan fingerprint density at radius 2 is 1.53 bits per heavy atom. The van der Waals surface area contributed by atoms with Gasteiger partial charge < -0.3 is 5.11 Å². The largest absolute Gasteiger partial charge is 0.386 e. The van der Waals surface area contributed by atoms with Crippen molar-refractivity contribution in [2.75, 3.05) is 0 Å². The summed E-state index contributed by atoms with van der Waals surface area (Å²) < 4.78 is 0. The third kappa shape index (κ3) is 6.67. The molecule has 0 amide bonds. The molecule has 0 saturated heterocycles. The molecular weight excluding hydrogens is 368 g/mol. The van der Waals surface area contributed by atoms with Crippen molar-refractivity contribution in [2.45, 2.75) is 87.2 Å². The van der Waals surface area contributed by atoms with Gasteiger partial charge in [0.25, 0.3) is 0 Å². The van der Waals surface area contributed by atoms with Gasteiger partial charge in [0.1, 0.15) is 0 Å². The maximum Gasteiger partial charge on any atom is 0.150 e. The average Bonchev–Trinajstić information content (AvgIpc) is 2.65. The first-order valence-corrected chi connectivity index (χ1v) is 10.8. The fourth-order valence-electron chi connectivity index (χ4n) is 3.53. The monoisotopic (exact) mass is 408 g/mol. The lowest BCUT2D eigenvalue weighted by Gasteiger charge is -2.18. The summed E-state index contributed by atoms with van der Waals surface area (Å²) in [5.74, 6) is 0. The van der Waals surface area contributed by atoms with Crippen LogP contribution in [-0.2, 0) is 6.42 Å². The third-order valence-electron chi connectivity index (χ3n) is 6.40. The number of hydrogen-bond donors (Lipinski definition) is 1. The van der Waals surface area contributed by atoms with Gasteiger partial charge in [-0.2, -0.15) is 0 Å². The quantitative estimate of drug-likeness (QED) is 0.266. The molecule has 0 bridgehead atoms. The van der Waals surface area contributed by atoms with Gasteiger partial charge >= 0.3 is 0 Å². The zero-order valence-electron chi connectivity index (χ0n) is 20.5.